The Bertz CT molecular complexity index is 2790. The summed E-state index contributed by atoms with van der Waals surface area (Å²) in [6.45, 7) is 0. The molecule has 3 aromatic heterocycles. The number of nitrogens with zero attached hydrogens (tertiary/aromatic N) is 5. The van der Waals surface area contributed by atoms with Gasteiger partial charge >= 0.3 is 0 Å². The van der Waals surface area contributed by atoms with Crippen LogP contribution in [0.15, 0.2) is 200 Å². The van der Waals surface area contributed by atoms with Crippen LogP contribution in [0.4, 0.5) is 0 Å². The van der Waals surface area contributed by atoms with Crippen molar-refractivity contribution in [2.75, 3.05) is 0 Å². The Labute approximate surface area is 318 Å². The molecule has 0 saturated carbocycles. The predicted molar refractivity (Wildman–Crippen MR) is 225 cm³/mol. The van der Waals surface area contributed by atoms with Crippen LogP contribution in [0.3, 0.4) is 0 Å². The lowest BCUT2D eigenvalue weighted by Gasteiger charge is -2.17. The molecule has 55 heavy (non-hydrogen) atoms. The Kier molecular flexibility index (Phi) is 8.08. The zero-order chi connectivity index (χ0) is 36.6. The third kappa shape index (κ3) is 6.04. The van der Waals surface area contributed by atoms with E-state index in [1.165, 1.54) is 10.8 Å². The summed E-state index contributed by atoms with van der Waals surface area (Å²) >= 11 is 0. The van der Waals surface area contributed by atoms with E-state index in [1.54, 1.807) is 0 Å². The van der Waals surface area contributed by atoms with Crippen molar-refractivity contribution >= 4 is 21.8 Å². The fraction of sp³-hybridized carbons (Fsp3) is 0. The average molecular weight is 704 g/mol. The normalized spacial score (nSPS) is 11.3. The minimum atomic E-state index is 0.590. The number of fused-ring (bicyclic) bond motifs is 3. The van der Waals surface area contributed by atoms with Gasteiger partial charge in [0, 0.05) is 38.6 Å². The third-order valence-corrected chi connectivity index (χ3v) is 10.1. The second-order valence-corrected chi connectivity index (χ2v) is 13.5. The molecule has 0 radical (unpaired) electrons. The fourth-order valence-corrected chi connectivity index (χ4v) is 7.41. The van der Waals surface area contributed by atoms with Crippen molar-refractivity contribution in [3.05, 3.63) is 200 Å². The summed E-state index contributed by atoms with van der Waals surface area (Å²) in [7, 11) is 0. The SMILES string of the molecule is c1ccc(-c2cc(-c3ccc(-n4c5ccccc5c5ccccc54)c(-c4nc(-c5ccccc5)nc(-c5ccccc5)n4)c3)cc(-c3ccccc3)n2)cc1. The van der Waals surface area contributed by atoms with Gasteiger partial charge in [0.25, 0.3) is 0 Å². The van der Waals surface area contributed by atoms with Gasteiger partial charge in [-0.05, 0) is 47.5 Å². The van der Waals surface area contributed by atoms with Crippen LogP contribution >= 0.6 is 0 Å². The quantitative estimate of drug-likeness (QED) is 0.166. The molecule has 0 spiro atoms. The number of benzene rings is 7. The van der Waals surface area contributed by atoms with Crippen LogP contribution in [0, 0.1) is 0 Å². The molecule has 0 aliphatic carbocycles. The number of aromatic nitrogens is 5. The summed E-state index contributed by atoms with van der Waals surface area (Å²) < 4.78 is 2.34. The van der Waals surface area contributed by atoms with Gasteiger partial charge < -0.3 is 4.57 Å². The van der Waals surface area contributed by atoms with Crippen LogP contribution in [-0.2, 0) is 0 Å². The van der Waals surface area contributed by atoms with Gasteiger partial charge in [-0.25, -0.2) is 19.9 Å². The number of pyridine rings is 1. The number of hydrogen-bond acceptors (Lipinski definition) is 4. The number of rotatable bonds is 7. The highest BCUT2D eigenvalue weighted by Gasteiger charge is 2.21. The molecule has 0 N–H and O–H groups in total. The number of hydrogen-bond donors (Lipinski definition) is 0. The minimum Gasteiger partial charge on any atom is -0.309 e. The molecule has 0 bridgehead atoms. The molecular formula is C50H33N5. The van der Waals surface area contributed by atoms with Crippen LogP contribution in [0.25, 0.3) is 95.3 Å². The standard InChI is InChI=1S/C50H33N5/c1-5-17-34(18-6-1)43-32-39(33-44(51-43)35-19-7-2-8-20-35)38-29-30-47(55-45-27-15-13-25-40(45)41-26-14-16-28-46(41)55)42(31-38)50-53-48(36-21-9-3-10-22-36)52-49(54-50)37-23-11-4-12-24-37/h1-33H. The molecule has 7 aromatic carbocycles. The Hall–Kier alpha value is -7.50. The third-order valence-electron chi connectivity index (χ3n) is 10.1. The molecule has 0 unspecified atom stereocenters. The zero-order valence-corrected chi connectivity index (χ0v) is 29.8. The predicted octanol–water partition coefficient (Wildman–Crippen LogP) is 12.4. The first-order valence-corrected chi connectivity index (χ1v) is 18.4. The molecule has 5 nitrogen and oxygen atoms in total. The van der Waals surface area contributed by atoms with Crippen LogP contribution in [0.2, 0.25) is 0 Å². The van der Waals surface area contributed by atoms with Gasteiger partial charge in [-0.15, -0.1) is 0 Å². The topological polar surface area (TPSA) is 56.5 Å². The second-order valence-electron chi connectivity index (χ2n) is 13.5. The molecule has 0 aliphatic heterocycles. The first-order valence-electron chi connectivity index (χ1n) is 18.4. The lowest BCUT2D eigenvalue weighted by molar-refractivity contribution is 1.06. The minimum absolute atomic E-state index is 0.590. The Morgan fingerprint density at radius 3 is 1.20 bits per heavy atom. The molecule has 0 amide bonds. The average Bonchev–Trinajstić information content (AvgIpc) is 3.61. The molecule has 0 saturated heterocycles. The molecule has 10 aromatic rings. The second kappa shape index (κ2) is 13.8. The monoisotopic (exact) mass is 703 g/mol. The summed E-state index contributed by atoms with van der Waals surface area (Å²) in [6, 6.07) is 69.2. The maximum atomic E-state index is 5.25. The molecule has 10 rings (SSSR count). The van der Waals surface area contributed by atoms with Crippen molar-refractivity contribution < 1.29 is 0 Å². The summed E-state index contributed by atoms with van der Waals surface area (Å²) in [4.78, 5) is 20.7. The van der Waals surface area contributed by atoms with E-state index in [9.17, 15) is 0 Å². The summed E-state index contributed by atoms with van der Waals surface area (Å²) in [5.41, 5.74) is 11.9. The van der Waals surface area contributed by atoms with E-state index in [0.717, 1.165) is 67.1 Å². The number of para-hydroxylation sites is 2. The highest BCUT2D eigenvalue weighted by atomic mass is 15.1. The highest BCUT2D eigenvalue weighted by Crippen LogP contribution is 2.39. The lowest BCUT2D eigenvalue weighted by atomic mass is 9.97. The Morgan fingerprint density at radius 1 is 0.291 bits per heavy atom. The van der Waals surface area contributed by atoms with Crippen molar-refractivity contribution in [2.24, 2.45) is 0 Å². The van der Waals surface area contributed by atoms with E-state index in [4.69, 9.17) is 19.9 Å². The molecule has 3 heterocycles. The smallest absolute Gasteiger partial charge is 0.166 e. The van der Waals surface area contributed by atoms with Gasteiger partial charge in [-0.3, -0.25) is 0 Å². The van der Waals surface area contributed by atoms with Crippen molar-refractivity contribution in [2.45, 2.75) is 0 Å². The van der Waals surface area contributed by atoms with Crippen molar-refractivity contribution in [3.8, 4) is 73.5 Å². The van der Waals surface area contributed by atoms with E-state index < -0.39 is 0 Å². The zero-order valence-electron chi connectivity index (χ0n) is 29.8. The summed E-state index contributed by atoms with van der Waals surface area (Å²) in [5, 5.41) is 2.38. The van der Waals surface area contributed by atoms with Gasteiger partial charge in [0.1, 0.15) is 0 Å². The van der Waals surface area contributed by atoms with E-state index in [-0.39, 0.29) is 0 Å². The van der Waals surface area contributed by atoms with Crippen molar-refractivity contribution in [3.63, 3.8) is 0 Å². The largest absolute Gasteiger partial charge is 0.309 e. The van der Waals surface area contributed by atoms with Gasteiger partial charge in [0.05, 0.1) is 28.1 Å². The van der Waals surface area contributed by atoms with Gasteiger partial charge in [-0.2, -0.15) is 0 Å². The molecule has 5 heteroatoms. The molecular weight excluding hydrogens is 671 g/mol. The van der Waals surface area contributed by atoms with Gasteiger partial charge in [0.2, 0.25) is 0 Å². The maximum absolute atomic E-state index is 5.25. The van der Waals surface area contributed by atoms with E-state index in [2.05, 4.69) is 132 Å². The first kappa shape index (κ1) is 32.2. The summed E-state index contributed by atoms with van der Waals surface area (Å²) in [6.07, 6.45) is 0. The molecule has 0 aliphatic rings. The van der Waals surface area contributed by atoms with Crippen LogP contribution in [0.1, 0.15) is 0 Å². The molecule has 0 atom stereocenters. The molecule has 258 valence electrons. The van der Waals surface area contributed by atoms with Crippen molar-refractivity contribution in [1.82, 2.24) is 24.5 Å². The van der Waals surface area contributed by atoms with Gasteiger partial charge in [-0.1, -0.05) is 164 Å². The van der Waals surface area contributed by atoms with Crippen LogP contribution in [0.5, 0.6) is 0 Å². The Morgan fingerprint density at radius 2 is 0.709 bits per heavy atom. The summed E-state index contributed by atoms with van der Waals surface area (Å²) in [5.74, 6) is 1.82. The van der Waals surface area contributed by atoms with E-state index >= 15 is 0 Å². The lowest BCUT2D eigenvalue weighted by Crippen LogP contribution is -2.04. The highest BCUT2D eigenvalue weighted by molar-refractivity contribution is 6.09. The van der Waals surface area contributed by atoms with Crippen molar-refractivity contribution in [1.29, 1.82) is 0 Å². The van der Waals surface area contributed by atoms with E-state index in [1.807, 2.05) is 72.8 Å². The van der Waals surface area contributed by atoms with Crippen LogP contribution < -0.4 is 0 Å². The van der Waals surface area contributed by atoms with E-state index in [0.29, 0.717) is 17.5 Å². The molecule has 0 fully saturated rings. The first-order chi connectivity index (χ1) is 27.3. The van der Waals surface area contributed by atoms with Gasteiger partial charge in [0.15, 0.2) is 17.5 Å². The Balaban J connectivity index is 1.27. The maximum Gasteiger partial charge on any atom is 0.166 e. The van der Waals surface area contributed by atoms with Crippen LogP contribution in [-0.4, -0.2) is 24.5 Å². The fourth-order valence-electron chi connectivity index (χ4n) is 7.41.